The zero-order valence-electron chi connectivity index (χ0n) is 9.60. The Morgan fingerprint density at radius 3 is 2.62 bits per heavy atom. The van der Waals surface area contributed by atoms with Gasteiger partial charge in [-0.1, -0.05) is 0 Å². The van der Waals surface area contributed by atoms with Gasteiger partial charge in [-0.2, -0.15) is 0 Å². The summed E-state index contributed by atoms with van der Waals surface area (Å²) in [7, 11) is 0. The van der Waals surface area contributed by atoms with Gasteiger partial charge in [0, 0.05) is 19.1 Å². The van der Waals surface area contributed by atoms with Crippen LogP contribution in [0.2, 0.25) is 0 Å². The first-order valence-corrected chi connectivity index (χ1v) is 6.26. The summed E-state index contributed by atoms with van der Waals surface area (Å²) in [5, 5.41) is 0. The number of hydrogen-bond acceptors (Lipinski definition) is 3. The largest absolute Gasteiger partial charge is 0.397 e. The van der Waals surface area contributed by atoms with Gasteiger partial charge >= 0.3 is 0 Å². The molecule has 86 valence electrons. The molecule has 0 atom stereocenters. The number of pyridine rings is 1. The first kappa shape index (κ1) is 10.1. The van der Waals surface area contributed by atoms with Crippen molar-refractivity contribution in [3.05, 3.63) is 24.0 Å². The molecule has 0 bridgehead atoms. The molecule has 1 aromatic heterocycles. The van der Waals surface area contributed by atoms with E-state index in [-0.39, 0.29) is 0 Å². The number of hydrogen-bond donors (Lipinski definition) is 1. The van der Waals surface area contributed by atoms with Crippen molar-refractivity contribution in [3.63, 3.8) is 0 Å². The highest BCUT2D eigenvalue weighted by molar-refractivity contribution is 5.34. The van der Waals surface area contributed by atoms with E-state index in [0.717, 1.165) is 29.9 Å². The van der Waals surface area contributed by atoms with Crippen LogP contribution < -0.4 is 5.73 Å². The highest BCUT2D eigenvalue weighted by atomic mass is 15.2. The molecule has 0 aliphatic heterocycles. The molecular formula is C13H19N3. The number of aromatic nitrogens is 1. The van der Waals surface area contributed by atoms with Crippen molar-refractivity contribution in [2.24, 2.45) is 5.92 Å². The lowest BCUT2D eigenvalue weighted by Gasteiger charge is -2.21. The summed E-state index contributed by atoms with van der Waals surface area (Å²) in [6, 6.07) is 4.84. The molecule has 0 saturated heterocycles. The van der Waals surface area contributed by atoms with Crippen molar-refractivity contribution in [1.29, 1.82) is 0 Å². The highest BCUT2D eigenvalue weighted by Gasteiger charge is 2.33. The summed E-state index contributed by atoms with van der Waals surface area (Å²) in [6.45, 7) is 2.28. The van der Waals surface area contributed by atoms with E-state index in [1.807, 2.05) is 6.07 Å². The molecule has 2 saturated carbocycles. The van der Waals surface area contributed by atoms with Crippen LogP contribution in [-0.4, -0.2) is 22.5 Å². The van der Waals surface area contributed by atoms with E-state index in [1.54, 1.807) is 6.20 Å². The molecule has 2 fully saturated rings. The molecule has 0 spiro atoms. The van der Waals surface area contributed by atoms with Gasteiger partial charge in [0.25, 0.3) is 0 Å². The standard InChI is InChI=1S/C13H19N3/c14-11-3-4-12(15-7-11)9-16(13-5-6-13)8-10-1-2-10/h3-4,7,10,13H,1-2,5-6,8-9,14H2. The molecule has 1 aromatic rings. The average Bonchev–Trinajstić information content (AvgIpc) is 3.14. The van der Waals surface area contributed by atoms with Gasteiger partial charge in [-0.3, -0.25) is 9.88 Å². The van der Waals surface area contributed by atoms with Gasteiger partial charge in [-0.25, -0.2) is 0 Å². The summed E-state index contributed by atoms with van der Waals surface area (Å²) in [5.41, 5.74) is 7.55. The van der Waals surface area contributed by atoms with Gasteiger partial charge in [0.2, 0.25) is 0 Å². The van der Waals surface area contributed by atoms with Crippen LogP contribution in [0.1, 0.15) is 31.4 Å². The Morgan fingerprint density at radius 2 is 2.06 bits per heavy atom. The van der Waals surface area contributed by atoms with Crippen molar-refractivity contribution in [3.8, 4) is 0 Å². The third-order valence-electron chi connectivity index (χ3n) is 3.47. The Labute approximate surface area is 96.7 Å². The summed E-state index contributed by atoms with van der Waals surface area (Å²) in [5.74, 6) is 0.967. The molecule has 2 aliphatic rings. The lowest BCUT2D eigenvalue weighted by atomic mass is 10.3. The Hall–Kier alpha value is -1.09. The van der Waals surface area contributed by atoms with Crippen molar-refractivity contribution in [2.75, 3.05) is 12.3 Å². The first-order valence-electron chi connectivity index (χ1n) is 6.26. The Kier molecular flexibility index (Phi) is 2.56. The molecule has 0 amide bonds. The second-order valence-electron chi connectivity index (χ2n) is 5.19. The van der Waals surface area contributed by atoms with Crippen LogP contribution in [0.15, 0.2) is 18.3 Å². The molecular weight excluding hydrogens is 198 g/mol. The zero-order chi connectivity index (χ0) is 11.0. The van der Waals surface area contributed by atoms with E-state index in [1.165, 1.54) is 32.2 Å². The average molecular weight is 217 g/mol. The molecule has 1 heterocycles. The zero-order valence-corrected chi connectivity index (χ0v) is 9.60. The highest BCUT2D eigenvalue weighted by Crippen LogP contribution is 2.35. The molecule has 3 nitrogen and oxygen atoms in total. The van der Waals surface area contributed by atoms with Crippen molar-refractivity contribution in [2.45, 2.75) is 38.3 Å². The molecule has 0 radical (unpaired) electrons. The van der Waals surface area contributed by atoms with Crippen LogP contribution >= 0.6 is 0 Å². The van der Waals surface area contributed by atoms with Crippen LogP contribution in [0, 0.1) is 5.92 Å². The molecule has 16 heavy (non-hydrogen) atoms. The molecule has 2 N–H and O–H groups in total. The molecule has 0 unspecified atom stereocenters. The second-order valence-corrected chi connectivity index (χ2v) is 5.19. The SMILES string of the molecule is Nc1ccc(CN(CC2CC2)C2CC2)nc1. The molecule has 3 heteroatoms. The minimum atomic E-state index is 0.754. The lowest BCUT2D eigenvalue weighted by molar-refractivity contribution is 0.241. The predicted molar refractivity (Wildman–Crippen MR) is 64.8 cm³/mol. The van der Waals surface area contributed by atoms with Crippen molar-refractivity contribution >= 4 is 5.69 Å². The minimum absolute atomic E-state index is 0.754. The second kappa shape index (κ2) is 4.06. The fourth-order valence-electron chi connectivity index (χ4n) is 2.15. The Morgan fingerprint density at radius 1 is 1.25 bits per heavy atom. The normalized spacial score (nSPS) is 20.3. The fraction of sp³-hybridized carbons (Fsp3) is 0.615. The van der Waals surface area contributed by atoms with E-state index in [0.29, 0.717) is 0 Å². The van der Waals surface area contributed by atoms with Gasteiger partial charge in [-0.05, 0) is 43.7 Å². The summed E-state index contributed by atoms with van der Waals surface area (Å²) in [6.07, 6.45) is 7.37. The lowest BCUT2D eigenvalue weighted by Crippen LogP contribution is -2.28. The molecule has 0 aromatic carbocycles. The molecule has 3 rings (SSSR count). The number of nitrogens with two attached hydrogens (primary N) is 1. The van der Waals surface area contributed by atoms with E-state index < -0.39 is 0 Å². The third kappa shape index (κ3) is 2.53. The fourth-order valence-corrected chi connectivity index (χ4v) is 2.15. The predicted octanol–water partition coefficient (Wildman–Crippen LogP) is 2.04. The number of anilines is 1. The summed E-state index contributed by atoms with van der Waals surface area (Å²) in [4.78, 5) is 7.00. The third-order valence-corrected chi connectivity index (χ3v) is 3.47. The van der Waals surface area contributed by atoms with E-state index in [2.05, 4.69) is 16.0 Å². The number of nitrogen functional groups attached to an aromatic ring is 1. The summed E-state index contributed by atoms with van der Waals surface area (Å²) >= 11 is 0. The van der Waals surface area contributed by atoms with Crippen LogP contribution in [0.4, 0.5) is 5.69 Å². The van der Waals surface area contributed by atoms with Crippen LogP contribution in [0.3, 0.4) is 0 Å². The minimum Gasteiger partial charge on any atom is -0.397 e. The van der Waals surface area contributed by atoms with Crippen molar-refractivity contribution in [1.82, 2.24) is 9.88 Å². The van der Waals surface area contributed by atoms with E-state index >= 15 is 0 Å². The quantitative estimate of drug-likeness (QED) is 0.820. The van der Waals surface area contributed by atoms with E-state index in [4.69, 9.17) is 5.73 Å². The number of nitrogens with zero attached hydrogens (tertiary/aromatic N) is 2. The maximum atomic E-state index is 5.64. The molecule has 2 aliphatic carbocycles. The Bertz CT molecular complexity index is 352. The topological polar surface area (TPSA) is 42.1 Å². The smallest absolute Gasteiger partial charge is 0.0545 e. The number of rotatable bonds is 5. The first-order chi connectivity index (χ1) is 7.81. The Balaban J connectivity index is 1.63. The van der Waals surface area contributed by atoms with Crippen LogP contribution in [0.25, 0.3) is 0 Å². The van der Waals surface area contributed by atoms with E-state index in [9.17, 15) is 0 Å². The monoisotopic (exact) mass is 217 g/mol. The van der Waals surface area contributed by atoms with Crippen LogP contribution in [0.5, 0.6) is 0 Å². The van der Waals surface area contributed by atoms with Gasteiger partial charge in [0.15, 0.2) is 0 Å². The maximum Gasteiger partial charge on any atom is 0.0545 e. The van der Waals surface area contributed by atoms with Gasteiger partial charge in [0.05, 0.1) is 17.6 Å². The van der Waals surface area contributed by atoms with Crippen molar-refractivity contribution < 1.29 is 0 Å². The van der Waals surface area contributed by atoms with Gasteiger partial charge in [0.1, 0.15) is 0 Å². The van der Waals surface area contributed by atoms with Gasteiger partial charge in [-0.15, -0.1) is 0 Å². The maximum absolute atomic E-state index is 5.64. The van der Waals surface area contributed by atoms with Gasteiger partial charge < -0.3 is 5.73 Å². The van der Waals surface area contributed by atoms with Crippen LogP contribution in [-0.2, 0) is 6.54 Å². The summed E-state index contributed by atoms with van der Waals surface area (Å²) < 4.78 is 0.